The van der Waals surface area contributed by atoms with Crippen LogP contribution < -0.4 is 5.32 Å². The smallest absolute Gasteiger partial charge is 0.335 e. The Morgan fingerprint density at radius 2 is 1.43 bits per heavy atom. The average Bonchev–Trinajstić information content (AvgIpc) is 2.85. The second-order valence-electron chi connectivity index (χ2n) is 9.38. The number of para-hydroxylation sites is 1. The van der Waals surface area contributed by atoms with Crippen LogP contribution in [0.3, 0.4) is 0 Å². The number of hydrogen-bond acceptors (Lipinski definition) is 2. The van der Waals surface area contributed by atoms with Crippen molar-refractivity contribution in [3.63, 3.8) is 0 Å². The van der Waals surface area contributed by atoms with Crippen LogP contribution in [0.15, 0.2) is 91.0 Å². The molecule has 35 heavy (non-hydrogen) atoms. The summed E-state index contributed by atoms with van der Waals surface area (Å²) in [6.07, 6.45) is 2.11. The van der Waals surface area contributed by atoms with Crippen LogP contribution in [0, 0.1) is 5.92 Å². The van der Waals surface area contributed by atoms with E-state index < -0.39 is 5.97 Å². The van der Waals surface area contributed by atoms with Crippen molar-refractivity contribution in [2.24, 2.45) is 5.92 Å². The van der Waals surface area contributed by atoms with Crippen molar-refractivity contribution in [2.75, 3.05) is 5.32 Å². The van der Waals surface area contributed by atoms with Gasteiger partial charge in [-0.3, -0.25) is 4.79 Å². The summed E-state index contributed by atoms with van der Waals surface area (Å²) in [5, 5.41) is 15.0. The lowest BCUT2D eigenvalue weighted by Gasteiger charge is -2.21. The largest absolute Gasteiger partial charge is 0.478 e. The Balaban J connectivity index is 1.66. The van der Waals surface area contributed by atoms with Gasteiger partial charge < -0.3 is 10.4 Å². The van der Waals surface area contributed by atoms with E-state index in [1.165, 1.54) is 0 Å². The summed E-state index contributed by atoms with van der Waals surface area (Å²) in [6, 6.07) is 29.0. The number of anilines is 1. The minimum absolute atomic E-state index is 0.0408. The first-order valence-electron chi connectivity index (χ1n) is 12.1. The van der Waals surface area contributed by atoms with Gasteiger partial charge in [-0.1, -0.05) is 92.7 Å². The maximum atomic E-state index is 13.7. The van der Waals surface area contributed by atoms with Crippen LogP contribution in [-0.4, -0.2) is 17.0 Å². The molecule has 1 amide bonds. The van der Waals surface area contributed by atoms with Crippen LogP contribution in [-0.2, 0) is 11.2 Å². The Labute approximate surface area is 206 Å². The quantitative estimate of drug-likeness (QED) is 0.273. The zero-order chi connectivity index (χ0) is 24.8. The fraction of sp³-hybridized carbons (Fsp3) is 0.226. The number of carbonyl (C=O) groups is 2. The van der Waals surface area contributed by atoms with Gasteiger partial charge in [-0.25, -0.2) is 4.79 Å². The molecule has 4 aromatic carbocycles. The topological polar surface area (TPSA) is 66.4 Å². The molecule has 0 saturated heterocycles. The van der Waals surface area contributed by atoms with Crippen LogP contribution in [0.5, 0.6) is 0 Å². The second kappa shape index (κ2) is 11.0. The molecule has 0 aliphatic carbocycles. The van der Waals surface area contributed by atoms with E-state index in [2.05, 4.69) is 43.4 Å². The predicted octanol–water partition coefficient (Wildman–Crippen LogP) is 7.29. The molecule has 1 unspecified atom stereocenters. The number of carboxylic acids is 1. The van der Waals surface area contributed by atoms with Gasteiger partial charge in [0.15, 0.2) is 0 Å². The molecule has 4 aromatic rings. The van der Waals surface area contributed by atoms with Gasteiger partial charge in [0.25, 0.3) is 0 Å². The molecule has 0 saturated carbocycles. The molecule has 0 aliphatic rings. The Bertz CT molecular complexity index is 1340. The van der Waals surface area contributed by atoms with Crippen LogP contribution in [0.4, 0.5) is 5.69 Å². The maximum absolute atomic E-state index is 13.7. The molecular weight excluding hydrogens is 434 g/mol. The van der Waals surface area contributed by atoms with E-state index in [1.807, 2.05) is 54.6 Å². The first kappa shape index (κ1) is 24.2. The van der Waals surface area contributed by atoms with Gasteiger partial charge >= 0.3 is 5.97 Å². The molecule has 0 aromatic heterocycles. The number of benzene rings is 4. The number of hydrogen-bond donors (Lipinski definition) is 2. The van der Waals surface area contributed by atoms with Gasteiger partial charge in [0.2, 0.25) is 5.91 Å². The minimum Gasteiger partial charge on any atom is -0.478 e. The van der Waals surface area contributed by atoms with Gasteiger partial charge in [-0.05, 0) is 58.4 Å². The highest BCUT2D eigenvalue weighted by atomic mass is 16.4. The second-order valence-corrected chi connectivity index (χ2v) is 9.38. The zero-order valence-electron chi connectivity index (χ0n) is 20.2. The molecule has 0 aliphatic heterocycles. The van der Waals surface area contributed by atoms with Gasteiger partial charge in [0, 0.05) is 12.1 Å². The Hall–Kier alpha value is -3.92. The van der Waals surface area contributed by atoms with E-state index in [9.17, 15) is 14.7 Å². The third kappa shape index (κ3) is 5.78. The van der Waals surface area contributed by atoms with Gasteiger partial charge in [0.1, 0.15) is 0 Å². The van der Waals surface area contributed by atoms with Gasteiger partial charge in [-0.2, -0.15) is 0 Å². The van der Waals surface area contributed by atoms with Crippen LogP contribution >= 0.6 is 0 Å². The van der Waals surface area contributed by atoms with E-state index in [0.717, 1.165) is 34.7 Å². The predicted molar refractivity (Wildman–Crippen MR) is 142 cm³/mol. The lowest BCUT2D eigenvalue weighted by atomic mass is 9.87. The molecule has 0 bridgehead atoms. The first-order chi connectivity index (χ1) is 16.9. The molecular formula is C31H31NO3. The van der Waals surface area contributed by atoms with Gasteiger partial charge in [0.05, 0.1) is 11.5 Å². The summed E-state index contributed by atoms with van der Waals surface area (Å²) in [5.74, 6) is -0.796. The average molecular weight is 466 g/mol. The molecule has 0 spiro atoms. The summed E-state index contributed by atoms with van der Waals surface area (Å²) in [4.78, 5) is 25.4. The Morgan fingerprint density at radius 1 is 0.771 bits per heavy atom. The van der Waals surface area contributed by atoms with Crippen molar-refractivity contribution in [1.82, 2.24) is 0 Å². The van der Waals surface area contributed by atoms with E-state index >= 15 is 0 Å². The molecule has 4 rings (SSSR count). The maximum Gasteiger partial charge on any atom is 0.335 e. The van der Waals surface area contributed by atoms with Gasteiger partial charge in [-0.15, -0.1) is 0 Å². The summed E-state index contributed by atoms with van der Waals surface area (Å²) >= 11 is 0. The monoisotopic (exact) mass is 465 g/mol. The summed E-state index contributed by atoms with van der Waals surface area (Å²) in [6.45, 7) is 4.35. The van der Waals surface area contributed by atoms with Crippen molar-refractivity contribution in [3.05, 3.63) is 113 Å². The molecule has 0 fully saturated rings. The van der Waals surface area contributed by atoms with Crippen molar-refractivity contribution in [3.8, 4) is 0 Å². The molecule has 178 valence electrons. The van der Waals surface area contributed by atoms with Crippen LogP contribution in [0.2, 0.25) is 0 Å². The number of amides is 1. The summed E-state index contributed by atoms with van der Waals surface area (Å²) < 4.78 is 0. The highest BCUT2D eigenvalue weighted by Gasteiger charge is 2.24. The molecule has 4 heteroatoms. The lowest BCUT2D eigenvalue weighted by molar-refractivity contribution is -0.117. The molecule has 2 N–H and O–H groups in total. The molecule has 1 atom stereocenters. The number of nitrogens with one attached hydrogen (secondary N) is 1. The third-order valence-corrected chi connectivity index (χ3v) is 6.45. The third-order valence-electron chi connectivity index (χ3n) is 6.45. The fourth-order valence-electron chi connectivity index (χ4n) is 4.59. The van der Waals surface area contributed by atoms with Crippen LogP contribution in [0.1, 0.15) is 59.7 Å². The SMILES string of the molecule is CC(C)CCC(C(=O)Nc1ccccc1Cc1ccccc1C(=O)O)c1cccc2ccccc12. The number of carboxylic acid groups (broad SMARTS) is 1. The lowest BCUT2D eigenvalue weighted by Crippen LogP contribution is -2.22. The molecule has 4 nitrogen and oxygen atoms in total. The summed E-state index contributed by atoms with van der Waals surface area (Å²) in [5.41, 5.74) is 3.63. The van der Waals surface area contributed by atoms with Crippen molar-refractivity contribution in [2.45, 2.75) is 39.0 Å². The number of rotatable bonds is 9. The summed E-state index contributed by atoms with van der Waals surface area (Å²) in [7, 11) is 0. The Kier molecular flexibility index (Phi) is 7.61. The van der Waals surface area contributed by atoms with Crippen LogP contribution in [0.25, 0.3) is 10.8 Å². The Morgan fingerprint density at radius 3 is 2.20 bits per heavy atom. The molecule has 0 radical (unpaired) electrons. The van der Waals surface area contributed by atoms with E-state index in [0.29, 0.717) is 23.6 Å². The molecule has 0 heterocycles. The number of fused-ring (bicyclic) bond motifs is 1. The van der Waals surface area contributed by atoms with E-state index in [-0.39, 0.29) is 17.4 Å². The standard InChI is InChI=1S/C31H31NO3/c1-21(2)18-19-28(27-16-9-13-22-10-3-6-14-25(22)27)30(33)32-29-17-8-5-12-24(29)20-23-11-4-7-15-26(23)31(34)35/h3-17,21,28H,18-20H2,1-2H3,(H,32,33)(H,34,35). The van der Waals surface area contributed by atoms with E-state index in [1.54, 1.807) is 12.1 Å². The first-order valence-corrected chi connectivity index (χ1v) is 12.1. The fourth-order valence-corrected chi connectivity index (χ4v) is 4.59. The number of carbonyl (C=O) groups excluding carboxylic acids is 1. The normalized spacial score (nSPS) is 12.0. The van der Waals surface area contributed by atoms with Crippen molar-refractivity contribution >= 4 is 28.3 Å². The number of aromatic carboxylic acids is 1. The van der Waals surface area contributed by atoms with E-state index in [4.69, 9.17) is 0 Å². The zero-order valence-corrected chi connectivity index (χ0v) is 20.2. The highest BCUT2D eigenvalue weighted by Crippen LogP contribution is 2.32. The minimum atomic E-state index is -0.952. The van der Waals surface area contributed by atoms with Crippen molar-refractivity contribution in [1.29, 1.82) is 0 Å². The highest BCUT2D eigenvalue weighted by molar-refractivity contribution is 6.00. The van der Waals surface area contributed by atoms with Crippen molar-refractivity contribution < 1.29 is 14.7 Å².